The number of phenols is 1. The van der Waals surface area contributed by atoms with E-state index in [1.807, 2.05) is 36.5 Å². The van der Waals surface area contributed by atoms with Gasteiger partial charge in [0.05, 0.1) is 11.2 Å². The van der Waals surface area contributed by atoms with Gasteiger partial charge >= 0.3 is 0 Å². The van der Waals surface area contributed by atoms with Crippen molar-refractivity contribution in [3.63, 3.8) is 0 Å². The fourth-order valence-corrected chi connectivity index (χ4v) is 4.25. The van der Waals surface area contributed by atoms with Crippen molar-refractivity contribution in [3.05, 3.63) is 95.4 Å². The normalized spacial score (nSPS) is 15.9. The highest BCUT2D eigenvalue weighted by atomic mass is 19.1. The molecule has 1 aliphatic rings. The van der Waals surface area contributed by atoms with E-state index in [0.29, 0.717) is 6.54 Å². The second-order valence-corrected chi connectivity index (χ2v) is 7.44. The van der Waals surface area contributed by atoms with Crippen LogP contribution in [0.25, 0.3) is 10.9 Å². The molecule has 29 heavy (non-hydrogen) atoms. The molecule has 2 heterocycles. The van der Waals surface area contributed by atoms with E-state index in [4.69, 9.17) is 0 Å². The van der Waals surface area contributed by atoms with Crippen LogP contribution in [0.4, 0.5) is 10.1 Å². The minimum absolute atomic E-state index is 0.0567. The standard InChI is InChI=1S/C24H19FN2O2/c25-17-6-1-4-15(10-17)13-27-14-20-19(16-5-2-7-18(28)11-16)12-23(29)26-21-8-3-9-22(27)24(20)21/h1-11,14,19,28H,12-13H2,(H,26,29). The van der Waals surface area contributed by atoms with E-state index in [2.05, 4.69) is 9.88 Å². The molecule has 3 aromatic carbocycles. The van der Waals surface area contributed by atoms with Crippen molar-refractivity contribution in [2.45, 2.75) is 18.9 Å². The maximum absolute atomic E-state index is 13.7. The summed E-state index contributed by atoms with van der Waals surface area (Å²) in [7, 11) is 0. The third-order valence-electron chi connectivity index (χ3n) is 5.49. The first-order chi connectivity index (χ1) is 14.1. The number of rotatable bonds is 3. The second kappa shape index (κ2) is 6.78. The number of nitrogens with one attached hydrogen (secondary N) is 1. The smallest absolute Gasteiger partial charge is 0.225 e. The van der Waals surface area contributed by atoms with Crippen LogP contribution < -0.4 is 5.32 Å². The van der Waals surface area contributed by atoms with Crippen LogP contribution in [-0.2, 0) is 11.3 Å². The highest BCUT2D eigenvalue weighted by Crippen LogP contribution is 2.41. The molecule has 4 aromatic rings. The fraction of sp³-hybridized carbons (Fsp3) is 0.125. The molecule has 1 unspecified atom stereocenters. The molecule has 2 N–H and O–H groups in total. The lowest BCUT2D eigenvalue weighted by atomic mass is 9.88. The average Bonchev–Trinajstić information content (AvgIpc) is 2.98. The third-order valence-corrected chi connectivity index (χ3v) is 5.49. The Balaban J connectivity index is 1.69. The van der Waals surface area contributed by atoms with Crippen molar-refractivity contribution in [3.8, 4) is 5.75 Å². The Hall–Kier alpha value is -3.60. The lowest BCUT2D eigenvalue weighted by molar-refractivity contribution is -0.116. The number of carbonyl (C=O) groups excluding carboxylic acids is 1. The third kappa shape index (κ3) is 3.14. The first-order valence-electron chi connectivity index (χ1n) is 9.53. The van der Waals surface area contributed by atoms with Gasteiger partial charge in [-0.25, -0.2) is 4.39 Å². The number of aromatic hydroxyl groups is 1. The number of aromatic nitrogens is 1. The van der Waals surface area contributed by atoms with E-state index in [9.17, 15) is 14.3 Å². The van der Waals surface area contributed by atoms with E-state index in [1.165, 1.54) is 12.1 Å². The monoisotopic (exact) mass is 386 g/mol. The van der Waals surface area contributed by atoms with Gasteiger partial charge in [-0.1, -0.05) is 30.3 Å². The van der Waals surface area contributed by atoms with Crippen molar-refractivity contribution < 1.29 is 14.3 Å². The minimum Gasteiger partial charge on any atom is -0.508 e. The van der Waals surface area contributed by atoms with Gasteiger partial charge in [0.1, 0.15) is 11.6 Å². The first kappa shape index (κ1) is 17.5. The molecule has 0 bridgehead atoms. The predicted molar refractivity (Wildman–Crippen MR) is 111 cm³/mol. The van der Waals surface area contributed by atoms with Gasteiger partial charge in [-0.15, -0.1) is 0 Å². The number of benzene rings is 3. The zero-order valence-corrected chi connectivity index (χ0v) is 15.6. The van der Waals surface area contributed by atoms with Crippen LogP contribution in [0, 0.1) is 5.82 Å². The van der Waals surface area contributed by atoms with E-state index < -0.39 is 0 Å². The Bertz CT molecular complexity index is 1240. The topological polar surface area (TPSA) is 54.3 Å². The van der Waals surface area contributed by atoms with Gasteiger partial charge in [-0.05, 0) is 53.1 Å². The molecular formula is C24H19FN2O2. The maximum Gasteiger partial charge on any atom is 0.225 e. The number of phenolic OH excluding ortho intramolecular Hbond substituents is 1. The van der Waals surface area contributed by atoms with Crippen LogP contribution >= 0.6 is 0 Å². The van der Waals surface area contributed by atoms with E-state index >= 15 is 0 Å². The highest BCUT2D eigenvalue weighted by Gasteiger charge is 2.28. The summed E-state index contributed by atoms with van der Waals surface area (Å²) in [4.78, 5) is 12.5. The van der Waals surface area contributed by atoms with Gasteiger partial charge in [0.2, 0.25) is 5.91 Å². The quantitative estimate of drug-likeness (QED) is 0.520. The maximum atomic E-state index is 13.7. The van der Waals surface area contributed by atoms with Crippen LogP contribution in [0.1, 0.15) is 29.0 Å². The molecule has 0 radical (unpaired) electrons. The number of halogens is 1. The molecule has 144 valence electrons. The first-order valence-corrected chi connectivity index (χ1v) is 9.53. The van der Waals surface area contributed by atoms with Crippen LogP contribution in [-0.4, -0.2) is 15.6 Å². The van der Waals surface area contributed by atoms with Gasteiger partial charge in [0, 0.05) is 30.5 Å². The lowest BCUT2D eigenvalue weighted by Crippen LogP contribution is -2.13. The second-order valence-electron chi connectivity index (χ2n) is 7.44. The molecular weight excluding hydrogens is 367 g/mol. The largest absolute Gasteiger partial charge is 0.508 e. The number of nitrogens with zero attached hydrogens (tertiary/aromatic N) is 1. The van der Waals surface area contributed by atoms with Crippen LogP contribution in [0.5, 0.6) is 5.75 Å². The van der Waals surface area contributed by atoms with Gasteiger partial charge in [0.15, 0.2) is 0 Å². The van der Waals surface area contributed by atoms with Crippen LogP contribution in [0.15, 0.2) is 72.9 Å². The molecule has 5 rings (SSSR count). The summed E-state index contributed by atoms with van der Waals surface area (Å²) >= 11 is 0. The van der Waals surface area contributed by atoms with Gasteiger partial charge in [0.25, 0.3) is 0 Å². The number of amides is 1. The Morgan fingerprint density at radius 3 is 2.72 bits per heavy atom. The number of hydrogen-bond donors (Lipinski definition) is 2. The van der Waals surface area contributed by atoms with Gasteiger partial charge < -0.3 is 15.0 Å². The zero-order valence-electron chi connectivity index (χ0n) is 15.6. The molecule has 0 fully saturated rings. The molecule has 5 heteroatoms. The zero-order chi connectivity index (χ0) is 20.0. The lowest BCUT2D eigenvalue weighted by Gasteiger charge is -2.14. The Labute approximate surface area is 167 Å². The average molecular weight is 386 g/mol. The molecule has 1 aliphatic heterocycles. The summed E-state index contributed by atoms with van der Waals surface area (Å²) in [5.74, 6) is -0.317. The van der Waals surface area contributed by atoms with Gasteiger partial charge in [-0.2, -0.15) is 0 Å². The SMILES string of the molecule is O=C1CC(c2cccc(O)c2)c2cn(Cc3cccc(F)c3)c3cccc(c23)N1. The number of carbonyl (C=O) groups is 1. The fourth-order valence-electron chi connectivity index (χ4n) is 4.25. The van der Waals surface area contributed by atoms with Crippen molar-refractivity contribution in [1.82, 2.24) is 4.57 Å². The molecule has 1 amide bonds. The number of anilines is 1. The predicted octanol–water partition coefficient (Wildman–Crippen LogP) is 5.01. The Morgan fingerprint density at radius 1 is 1.07 bits per heavy atom. The summed E-state index contributed by atoms with van der Waals surface area (Å²) in [5.41, 5.74) is 4.55. The molecule has 0 saturated carbocycles. The summed E-state index contributed by atoms with van der Waals surface area (Å²) in [5, 5.41) is 14.0. The van der Waals surface area contributed by atoms with Crippen molar-refractivity contribution in [2.75, 3.05) is 5.32 Å². The summed E-state index contributed by atoms with van der Waals surface area (Å²) < 4.78 is 15.8. The van der Waals surface area contributed by atoms with Crippen LogP contribution in [0.2, 0.25) is 0 Å². The minimum atomic E-state index is -0.258. The van der Waals surface area contributed by atoms with Crippen molar-refractivity contribution in [1.29, 1.82) is 0 Å². The molecule has 0 saturated heterocycles. The van der Waals surface area contributed by atoms with Crippen molar-refractivity contribution in [2.24, 2.45) is 0 Å². The summed E-state index contributed by atoms with van der Waals surface area (Å²) in [6.07, 6.45) is 2.34. The van der Waals surface area contributed by atoms with E-state index in [0.717, 1.165) is 33.3 Å². The van der Waals surface area contributed by atoms with Crippen molar-refractivity contribution >= 4 is 22.5 Å². The molecule has 0 aliphatic carbocycles. The molecule has 1 atom stereocenters. The van der Waals surface area contributed by atoms with Gasteiger partial charge in [-0.3, -0.25) is 4.79 Å². The van der Waals surface area contributed by atoms with E-state index in [1.54, 1.807) is 24.3 Å². The number of hydrogen-bond acceptors (Lipinski definition) is 2. The molecule has 4 nitrogen and oxygen atoms in total. The molecule has 1 aromatic heterocycles. The summed E-state index contributed by atoms with van der Waals surface area (Å²) in [6, 6.07) is 19.5. The highest BCUT2D eigenvalue weighted by molar-refractivity contribution is 6.06. The Kier molecular flexibility index (Phi) is 4.09. The van der Waals surface area contributed by atoms with Crippen LogP contribution in [0.3, 0.4) is 0 Å². The summed E-state index contributed by atoms with van der Waals surface area (Å²) in [6.45, 7) is 0.526. The Morgan fingerprint density at radius 2 is 1.90 bits per heavy atom. The van der Waals surface area contributed by atoms with E-state index in [-0.39, 0.29) is 29.8 Å². The molecule has 0 spiro atoms.